The first-order valence-corrected chi connectivity index (χ1v) is 10.6. The van der Waals surface area contributed by atoms with Crippen LogP contribution in [0.15, 0.2) is 66.7 Å². The number of rotatable bonds is 7. The minimum atomic E-state index is -1.29. The number of alkyl carbamates (subject to hydrolysis) is 1. The summed E-state index contributed by atoms with van der Waals surface area (Å²) in [6.45, 7) is -0.0633. The van der Waals surface area contributed by atoms with Crippen molar-refractivity contribution >= 4 is 24.0 Å². The maximum absolute atomic E-state index is 12.2. The molecule has 0 aliphatic heterocycles. The van der Waals surface area contributed by atoms with Crippen LogP contribution in [0.3, 0.4) is 0 Å². The topological polar surface area (TPSA) is 95.9 Å². The van der Waals surface area contributed by atoms with Gasteiger partial charge in [-0.15, -0.1) is 0 Å². The van der Waals surface area contributed by atoms with Gasteiger partial charge in [0.15, 0.2) is 6.29 Å². The number of fused-ring (bicyclic) bond motifs is 3. The third kappa shape index (κ3) is 4.39. The van der Waals surface area contributed by atoms with Crippen LogP contribution in [-0.4, -0.2) is 41.8 Å². The number of aliphatic hydroxyl groups is 2. The molecule has 3 aromatic carbocycles. The average Bonchev–Trinajstić information content (AvgIpc) is 3.14. The van der Waals surface area contributed by atoms with Crippen molar-refractivity contribution in [1.82, 2.24) is 5.32 Å². The second-order valence-electron chi connectivity index (χ2n) is 7.62. The summed E-state index contributed by atoms with van der Waals surface area (Å²) in [5, 5.41) is 23.2. The van der Waals surface area contributed by atoms with Gasteiger partial charge in [0, 0.05) is 18.0 Å². The van der Waals surface area contributed by atoms with Gasteiger partial charge in [0.2, 0.25) is 0 Å². The van der Waals surface area contributed by atoms with Crippen molar-refractivity contribution in [3.63, 3.8) is 0 Å². The molecule has 1 aliphatic rings. The highest BCUT2D eigenvalue weighted by atomic mass is 35.5. The Balaban J connectivity index is 1.34. The highest BCUT2D eigenvalue weighted by molar-refractivity contribution is 6.33. The minimum absolute atomic E-state index is 0.0675. The first kappa shape index (κ1) is 22.0. The Morgan fingerprint density at radius 2 is 1.66 bits per heavy atom. The molecule has 2 atom stereocenters. The maximum Gasteiger partial charge on any atom is 0.407 e. The maximum atomic E-state index is 12.2. The number of carbonyl (C=O) groups is 2. The molecule has 0 bridgehead atoms. The second-order valence-corrected chi connectivity index (χ2v) is 8.02. The van der Waals surface area contributed by atoms with E-state index in [0.29, 0.717) is 11.8 Å². The number of aliphatic hydroxyl groups excluding tert-OH is 2. The minimum Gasteiger partial charge on any atom is -0.449 e. The molecular weight excluding hydrogens is 430 g/mol. The fourth-order valence-corrected chi connectivity index (χ4v) is 4.23. The van der Waals surface area contributed by atoms with Crippen LogP contribution in [0.5, 0.6) is 0 Å². The third-order valence-electron chi connectivity index (χ3n) is 5.66. The van der Waals surface area contributed by atoms with Crippen LogP contribution in [0.2, 0.25) is 5.02 Å². The smallest absolute Gasteiger partial charge is 0.407 e. The Bertz CT molecular complexity index is 1100. The van der Waals surface area contributed by atoms with Crippen molar-refractivity contribution in [3.05, 3.63) is 94.0 Å². The molecule has 0 fully saturated rings. The van der Waals surface area contributed by atoms with Crippen molar-refractivity contribution in [2.24, 2.45) is 0 Å². The molecule has 164 valence electrons. The molecule has 0 heterocycles. The van der Waals surface area contributed by atoms with Gasteiger partial charge in [0.1, 0.15) is 18.8 Å². The van der Waals surface area contributed by atoms with Gasteiger partial charge < -0.3 is 20.3 Å². The molecule has 0 aromatic heterocycles. The van der Waals surface area contributed by atoms with Crippen LogP contribution in [0.1, 0.15) is 39.1 Å². The van der Waals surface area contributed by atoms with E-state index in [1.54, 1.807) is 0 Å². The van der Waals surface area contributed by atoms with Crippen LogP contribution in [-0.2, 0) is 4.74 Å². The van der Waals surface area contributed by atoms with Crippen LogP contribution in [0.4, 0.5) is 4.79 Å². The zero-order chi connectivity index (χ0) is 22.7. The van der Waals surface area contributed by atoms with E-state index >= 15 is 0 Å². The standard InChI is InChI=1S/C25H22ClNO5/c26-22-11-15(9-10-16(22)13-28)24(30)23(29)12-27-25(31)32-14-21-19-7-3-1-5-17(19)18-6-2-4-8-20(18)21/h1-11,13,21,23-24,29-30H,12,14H2,(H,27,31). The molecular formula is C25H22ClNO5. The highest BCUT2D eigenvalue weighted by Gasteiger charge is 2.29. The number of halogens is 1. The molecule has 0 radical (unpaired) electrons. The molecule has 3 aromatic rings. The van der Waals surface area contributed by atoms with E-state index in [-0.39, 0.29) is 29.7 Å². The van der Waals surface area contributed by atoms with Crippen LogP contribution in [0, 0.1) is 0 Å². The lowest BCUT2D eigenvalue weighted by Gasteiger charge is -2.20. The Hall–Kier alpha value is -3.19. The molecule has 4 rings (SSSR count). The fourth-order valence-electron chi connectivity index (χ4n) is 3.99. The Morgan fingerprint density at radius 1 is 1.03 bits per heavy atom. The normalized spacial score (nSPS) is 14.2. The zero-order valence-corrected chi connectivity index (χ0v) is 17.8. The number of benzene rings is 3. The molecule has 32 heavy (non-hydrogen) atoms. The van der Waals surface area contributed by atoms with E-state index in [1.807, 2.05) is 36.4 Å². The number of ether oxygens (including phenoxy) is 1. The van der Waals surface area contributed by atoms with Crippen LogP contribution < -0.4 is 5.32 Å². The lowest BCUT2D eigenvalue weighted by molar-refractivity contribution is 0.0185. The zero-order valence-electron chi connectivity index (χ0n) is 17.1. The number of hydrogen-bond acceptors (Lipinski definition) is 5. The van der Waals surface area contributed by atoms with Gasteiger partial charge in [-0.25, -0.2) is 4.79 Å². The Kier molecular flexibility index (Phi) is 6.55. The predicted octanol–water partition coefficient (Wildman–Crippen LogP) is 4.09. The molecule has 0 spiro atoms. The number of amides is 1. The monoisotopic (exact) mass is 451 g/mol. The summed E-state index contributed by atoms with van der Waals surface area (Å²) in [5.74, 6) is -0.0675. The first-order valence-electron chi connectivity index (χ1n) is 10.2. The fraction of sp³-hybridized carbons (Fsp3) is 0.200. The van der Waals surface area contributed by atoms with Crippen molar-refractivity contribution in [1.29, 1.82) is 0 Å². The molecule has 1 amide bonds. The number of nitrogens with one attached hydrogen (secondary N) is 1. The largest absolute Gasteiger partial charge is 0.449 e. The third-order valence-corrected chi connectivity index (χ3v) is 5.98. The van der Waals surface area contributed by atoms with Gasteiger partial charge in [-0.05, 0) is 39.9 Å². The van der Waals surface area contributed by atoms with Crippen molar-refractivity contribution in [3.8, 4) is 11.1 Å². The molecule has 1 aliphatic carbocycles. The SMILES string of the molecule is O=Cc1ccc(C(O)C(O)CNC(=O)OCC2c3ccccc3-c3ccccc32)cc1Cl. The van der Waals surface area contributed by atoms with Gasteiger partial charge in [-0.1, -0.05) is 66.2 Å². The van der Waals surface area contributed by atoms with E-state index in [1.165, 1.54) is 18.2 Å². The quantitative estimate of drug-likeness (QED) is 0.470. The van der Waals surface area contributed by atoms with Gasteiger partial charge in [-0.2, -0.15) is 0 Å². The first-order chi connectivity index (χ1) is 15.5. The molecule has 0 saturated carbocycles. The van der Waals surface area contributed by atoms with E-state index < -0.39 is 18.3 Å². The molecule has 6 nitrogen and oxygen atoms in total. The second kappa shape index (κ2) is 9.53. The number of aldehydes is 1. The Morgan fingerprint density at radius 3 is 2.25 bits per heavy atom. The summed E-state index contributed by atoms with van der Waals surface area (Å²) < 4.78 is 5.42. The van der Waals surface area contributed by atoms with Gasteiger partial charge in [0.05, 0.1) is 5.02 Å². The highest BCUT2D eigenvalue weighted by Crippen LogP contribution is 2.44. The summed E-state index contributed by atoms with van der Waals surface area (Å²) in [6.07, 6.45) is -2.66. The van der Waals surface area contributed by atoms with Gasteiger partial charge in [-0.3, -0.25) is 4.79 Å². The summed E-state index contributed by atoms with van der Waals surface area (Å²) in [6, 6.07) is 20.4. The van der Waals surface area contributed by atoms with Crippen molar-refractivity contribution in [2.45, 2.75) is 18.1 Å². The summed E-state index contributed by atoms with van der Waals surface area (Å²) in [5.41, 5.74) is 5.10. The molecule has 3 N–H and O–H groups in total. The van der Waals surface area contributed by atoms with E-state index in [2.05, 4.69) is 17.4 Å². The summed E-state index contributed by atoms with van der Waals surface area (Å²) in [4.78, 5) is 23.1. The van der Waals surface area contributed by atoms with Crippen LogP contribution in [0.25, 0.3) is 11.1 Å². The van der Waals surface area contributed by atoms with E-state index in [9.17, 15) is 19.8 Å². The predicted molar refractivity (Wildman–Crippen MR) is 121 cm³/mol. The van der Waals surface area contributed by atoms with Crippen molar-refractivity contribution < 1.29 is 24.5 Å². The van der Waals surface area contributed by atoms with Gasteiger partial charge >= 0.3 is 6.09 Å². The number of carbonyl (C=O) groups excluding carboxylic acids is 2. The lowest BCUT2D eigenvalue weighted by Crippen LogP contribution is -2.36. The van der Waals surface area contributed by atoms with E-state index in [0.717, 1.165) is 22.3 Å². The van der Waals surface area contributed by atoms with Gasteiger partial charge in [0.25, 0.3) is 0 Å². The molecule has 7 heteroatoms. The average molecular weight is 452 g/mol. The van der Waals surface area contributed by atoms with Crippen LogP contribution >= 0.6 is 11.6 Å². The van der Waals surface area contributed by atoms with E-state index in [4.69, 9.17) is 16.3 Å². The molecule has 0 saturated heterocycles. The number of hydrogen-bond donors (Lipinski definition) is 3. The summed E-state index contributed by atoms with van der Waals surface area (Å²) >= 11 is 5.97. The van der Waals surface area contributed by atoms with Crippen molar-refractivity contribution in [2.75, 3.05) is 13.2 Å². The summed E-state index contributed by atoms with van der Waals surface area (Å²) in [7, 11) is 0. The Labute approximate surface area is 190 Å². The lowest BCUT2D eigenvalue weighted by atomic mass is 9.98. The molecule has 2 unspecified atom stereocenters.